The van der Waals surface area contributed by atoms with Crippen molar-refractivity contribution in [1.29, 1.82) is 0 Å². The summed E-state index contributed by atoms with van der Waals surface area (Å²) in [5.41, 5.74) is 0.0999. The number of benzene rings is 1. The van der Waals surface area contributed by atoms with Gasteiger partial charge >= 0.3 is 0 Å². The number of rotatable bonds is 6. The van der Waals surface area contributed by atoms with Crippen molar-refractivity contribution in [2.45, 2.75) is 31.8 Å². The quantitative estimate of drug-likeness (QED) is 0.758. The molecule has 1 aromatic carbocycles. The summed E-state index contributed by atoms with van der Waals surface area (Å²) in [4.78, 5) is 42.0. The second-order valence-electron chi connectivity index (χ2n) is 7.67. The van der Waals surface area contributed by atoms with E-state index in [1.165, 1.54) is 11.0 Å². The smallest absolute Gasteiger partial charge is 0.254 e. The van der Waals surface area contributed by atoms with Crippen LogP contribution in [-0.2, 0) is 9.59 Å². The average Bonchev–Trinajstić information content (AvgIpc) is 3.52. The molecule has 1 aromatic rings. The summed E-state index contributed by atoms with van der Waals surface area (Å²) in [5, 5.41) is 2.86. The van der Waals surface area contributed by atoms with Crippen LogP contribution in [0, 0.1) is 11.6 Å². The zero-order chi connectivity index (χ0) is 21.1. The molecular weight excluding hydrogens is 382 g/mol. The Balaban J connectivity index is 1.49. The standard InChI is InChI=1S/C20H26F2N4O3/c1-13(19(28)24(2)12-18(27)23-15-4-5-15)25-7-9-26(10-8-25)20(29)14-3-6-16(21)17(22)11-14/h3,6,11,13,15H,4-5,7-10,12H2,1-2H3,(H,23,27). The molecule has 7 nitrogen and oxygen atoms in total. The van der Waals surface area contributed by atoms with Gasteiger partial charge in [0.15, 0.2) is 11.6 Å². The summed E-state index contributed by atoms with van der Waals surface area (Å²) in [7, 11) is 1.61. The minimum absolute atomic E-state index is 0.0221. The van der Waals surface area contributed by atoms with Crippen LogP contribution in [0.3, 0.4) is 0 Å². The van der Waals surface area contributed by atoms with E-state index in [2.05, 4.69) is 5.32 Å². The molecule has 1 saturated heterocycles. The van der Waals surface area contributed by atoms with E-state index in [0.717, 1.165) is 25.0 Å². The van der Waals surface area contributed by atoms with Crippen molar-refractivity contribution in [3.63, 3.8) is 0 Å². The van der Waals surface area contributed by atoms with Crippen molar-refractivity contribution >= 4 is 17.7 Å². The summed E-state index contributed by atoms with van der Waals surface area (Å²) < 4.78 is 26.4. The van der Waals surface area contributed by atoms with E-state index in [1.807, 2.05) is 4.90 Å². The van der Waals surface area contributed by atoms with Gasteiger partial charge in [0.25, 0.3) is 5.91 Å². The van der Waals surface area contributed by atoms with E-state index in [0.29, 0.717) is 26.2 Å². The molecule has 1 unspecified atom stereocenters. The summed E-state index contributed by atoms with van der Waals surface area (Å²) in [6.45, 7) is 3.51. The lowest BCUT2D eigenvalue weighted by Gasteiger charge is -2.38. The molecule has 1 heterocycles. The fraction of sp³-hybridized carbons (Fsp3) is 0.550. The van der Waals surface area contributed by atoms with Crippen molar-refractivity contribution in [3.8, 4) is 0 Å². The Bertz CT molecular complexity index is 792. The zero-order valence-electron chi connectivity index (χ0n) is 16.7. The number of nitrogens with one attached hydrogen (secondary N) is 1. The number of hydrogen-bond acceptors (Lipinski definition) is 4. The fourth-order valence-corrected chi connectivity index (χ4v) is 3.39. The second kappa shape index (κ2) is 8.86. The van der Waals surface area contributed by atoms with E-state index in [4.69, 9.17) is 0 Å². The highest BCUT2D eigenvalue weighted by Gasteiger charge is 2.31. The Morgan fingerprint density at radius 3 is 2.38 bits per heavy atom. The van der Waals surface area contributed by atoms with Gasteiger partial charge in [-0.05, 0) is 38.0 Å². The van der Waals surface area contributed by atoms with Crippen LogP contribution in [-0.4, -0.2) is 84.3 Å². The van der Waals surface area contributed by atoms with Crippen LogP contribution in [0.2, 0.25) is 0 Å². The normalized spacial score (nSPS) is 18.3. The van der Waals surface area contributed by atoms with Gasteiger partial charge in [-0.2, -0.15) is 0 Å². The monoisotopic (exact) mass is 408 g/mol. The Morgan fingerprint density at radius 1 is 1.14 bits per heavy atom. The van der Waals surface area contributed by atoms with Crippen LogP contribution < -0.4 is 5.32 Å². The van der Waals surface area contributed by atoms with Crippen molar-refractivity contribution in [2.24, 2.45) is 0 Å². The maximum Gasteiger partial charge on any atom is 0.254 e. The van der Waals surface area contributed by atoms with Gasteiger partial charge in [0, 0.05) is 44.8 Å². The molecule has 9 heteroatoms. The number of amides is 3. The Kier molecular flexibility index (Phi) is 6.46. The van der Waals surface area contributed by atoms with Crippen LogP contribution in [0.1, 0.15) is 30.1 Å². The maximum absolute atomic E-state index is 13.4. The number of likely N-dealkylation sites (N-methyl/N-ethyl adjacent to an activating group) is 1. The van der Waals surface area contributed by atoms with E-state index < -0.39 is 17.7 Å². The molecule has 158 valence electrons. The third-order valence-electron chi connectivity index (χ3n) is 5.37. The van der Waals surface area contributed by atoms with Gasteiger partial charge in [-0.1, -0.05) is 0 Å². The Morgan fingerprint density at radius 2 is 1.79 bits per heavy atom. The largest absolute Gasteiger partial charge is 0.352 e. The van der Waals surface area contributed by atoms with Gasteiger partial charge in [-0.25, -0.2) is 8.78 Å². The van der Waals surface area contributed by atoms with Gasteiger partial charge in [0.2, 0.25) is 11.8 Å². The van der Waals surface area contributed by atoms with Crippen molar-refractivity contribution in [3.05, 3.63) is 35.4 Å². The Labute approximate surface area is 168 Å². The van der Waals surface area contributed by atoms with E-state index in [9.17, 15) is 23.2 Å². The molecule has 1 aliphatic heterocycles. The number of nitrogens with zero attached hydrogens (tertiary/aromatic N) is 3. The predicted molar refractivity (Wildman–Crippen MR) is 102 cm³/mol. The third kappa shape index (κ3) is 5.29. The van der Waals surface area contributed by atoms with E-state index >= 15 is 0 Å². The predicted octanol–water partition coefficient (Wildman–Crippen LogP) is 0.848. The minimum Gasteiger partial charge on any atom is -0.352 e. The molecule has 0 spiro atoms. The van der Waals surface area contributed by atoms with E-state index in [1.54, 1.807) is 18.9 Å². The first-order valence-electron chi connectivity index (χ1n) is 9.79. The molecular formula is C20H26F2N4O3. The zero-order valence-corrected chi connectivity index (χ0v) is 16.7. The number of carbonyl (C=O) groups is 3. The lowest BCUT2D eigenvalue weighted by atomic mass is 10.1. The molecule has 3 rings (SSSR count). The third-order valence-corrected chi connectivity index (χ3v) is 5.37. The molecule has 0 bridgehead atoms. The number of halogens is 2. The summed E-state index contributed by atoms with van der Waals surface area (Å²) >= 11 is 0. The van der Waals surface area contributed by atoms with Crippen molar-refractivity contribution in [2.75, 3.05) is 39.8 Å². The van der Waals surface area contributed by atoms with Gasteiger partial charge < -0.3 is 15.1 Å². The molecule has 29 heavy (non-hydrogen) atoms. The number of piperazine rings is 1. The van der Waals surface area contributed by atoms with Crippen molar-refractivity contribution < 1.29 is 23.2 Å². The molecule has 2 fully saturated rings. The molecule has 1 N–H and O–H groups in total. The van der Waals surface area contributed by atoms with Gasteiger partial charge in [0.1, 0.15) is 0 Å². The van der Waals surface area contributed by atoms with Crippen molar-refractivity contribution in [1.82, 2.24) is 20.0 Å². The van der Waals surface area contributed by atoms with Crippen LogP contribution >= 0.6 is 0 Å². The number of hydrogen-bond donors (Lipinski definition) is 1. The van der Waals surface area contributed by atoms with Gasteiger partial charge in [0.05, 0.1) is 12.6 Å². The molecule has 1 atom stereocenters. The molecule has 3 amide bonds. The van der Waals surface area contributed by atoms with Crippen LogP contribution in [0.5, 0.6) is 0 Å². The molecule has 2 aliphatic rings. The second-order valence-corrected chi connectivity index (χ2v) is 7.67. The van der Waals surface area contributed by atoms with Crippen LogP contribution in [0.4, 0.5) is 8.78 Å². The first-order valence-corrected chi connectivity index (χ1v) is 9.79. The van der Waals surface area contributed by atoms with Crippen LogP contribution in [0.25, 0.3) is 0 Å². The van der Waals surface area contributed by atoms with Gasteiger partial charge in [-0.3, -0.25) is 19.3 Å². The summed E-state index contributed by atoms with van der Waals surface area (Å²) in [6.07, 6.45) is 1.99. The lowest BCUT2D eigenvalue weighted by Crippen LogP contribution is -2.55. The molecule has 1 saturated carbocycles. The molecule has 0 radical (unpaired) electrons. The van der Waals surface area contributed by atoms with Gasteiger partial charge in [-0.15, -0.1) is 0 Å². The first-order chi connectivity index (χ1) is 13.8. The number of carbonyl (C=O) groups excluding carboxylic acids is 3. The average molecular weight is 408 g/mol. The SMILES string of the molecule is CC(C(=O)N(C)CC(=O)NC1CC1)N1CCN(C(=O)c2ccc(F)c(F)c2)CC1. The minimum atomic E-state index is -1.05. The highest BCUT2D eigenvalue weighted by Crippen LogP contribution is 2.18. The van der Waals surface area contributed by atoms with E-state index in [-0.39, 0.29) is 35.9 Å². The van der Waals surface area contributed by atoms with Crippen LogP contribution in [0.15, 0.2) is 18.2 Å². The highest BCUT2D eigenvalue weighted by molar-refractivity contribution is 5.94. The first kappa shape index (κ1) is 21.2. The molecule has 0 aromatic heterocycles. The molecule has 1 aliphatic carbocycles. The Hall–Kier alpha value is -2.55. The topological polar surface area (TPSA) is 73.0 Å². The maximum atomic E-state index is 13.4. The highest BCUT2D eigenvalue weighted by atomic mass is 19.2. The summed E-state index contributed by atoms with van der Waals surface area (Å²) in [6, 6.07) is 2.94. The lowest BCUT2D eigenvalue weighted by molar-refractivity contribution is -0.139. The fourth-order valence-electron chi connectivity index (χ4n) is 3.39. The summed E-state index contributed by atoms with van der Waals surface area (Å²) in [5.74, 6) is -2.72.